The molecule has 96 valence electrons. The minimum absolute atomic E-state index is 0.521. The van der Waals surface area contributed by atoms with Crippen LogP contribution in [0.1, 0.15) is 42.6 Å². The van der Waals surface area contributed by atoms with Gasteiger partial charge in [-0.05, 0) is 56.9 Å². The van der Waals surface area contributed by atoms with Gasteiger partial charge in [-0.25, -0.2) is 0 Å². The second-order valence-corrected chi connectivity index (χ2v) is 6.72. The minimum Gasteiger partial charge on any atom is -0.384 e. The first-order valence-corrected chi connectivity index (χ1v) is 7.89. The van der Waals surface area contributed by atoms with Gasteiger partial charge in [0.05, 0.1) is 3.79 Å². The molecule has 0 radical (unpaired) electrons. The molecule has 0 aliphatic heterocycles. The highest BCUT2D eigenvalue weighted by Crippen LogP contribution is 2.29. The van der Waals surface area contributed by atoms with E-state index in [0.29, 0.717) is 0 Å². The zero-order chi connectivity index (χ0) is 13.0. The van der Waals surface area contributed by atoms with Crippen molar-refractivity contribution in [1.82, 2.24) is 0 Å². The van der Waals surface area contributed by atoms with E-state index in [0.717, 1.165) is 21.3 Å². The number of aryl methyl sites for hydroxylation is 1. The summed E-state index contributed by atoms with van der Waals surface area (Å²) in [4.78, 5) is 0. The molecule has 0 amide bonds. The van der Waals surface area contributed by atoms with E-state index in [1.165, 1.54) is 18.4 Å². The topological polar surface area (TPSA) is 20.2 Å². The molecule has 1 N–H and O–H groups in total. The summed E-state index contributed by atoms with van der Waals surface area (Å²) in [6.45, 7) is 2.20. The molecule has 3 heteroatoms. The average Bonchev–Trinajstić information content (AvgIpc) is 2.83. The highest BCUT2D eigenvalue weighted by molar-refractivity contribution is 9.11. The minimum atomic E-state index is -0.521. The molecule has 0 fully saturated rings. The summed E-state index contributed by atoms with van der Waals surface area (Å²) in [5.41, 5.74) is 3.26. The predicted octanol–water partition coefficient (Wildman–Crippen LogP) is 4.93. The van der Waals surface area contributed by atoms with Crippen molar-refractivity contribution in [2.24, 2.45) is 0 Å². The Hall–Kier alpha value is -0.640. The maximum absolute atomic E-state index is 10.3. The molecule has 0 bridgehead atoms. The maximum atomic E-state index is 10.3. The Labute approximate surface area is 121 Å². The summed E-state index contributed by atoms with van der Waals surface area (Å²) in [5.74, 6) is 0. The molecular formula is C15H17BrOS. The number of rotatable bonds is 5. The Kier molecular flexibility index (Phi) is 4.98. The Bertz CT molecular complexity index is 489. The van der Waals surface area contributed by atoms with Gasteiger partial charge >= 0.3 is 0 Å². The van der Waals surface area contributed by atoms with E-state index in [9.17, 15) is 5.11 Å². The Morgan fingerprint density at radius 1 is 1.22 bits per heavy atom. The number of thiophene rings is 1. The number of aliphatic hydroxyl groups is 1. The smallest absolute Gasteiger partial charge is 0.105 e. The van der Waals surface area contributed by atoms with Gasteiger partial charge in [-0.2, -0.15) is 0 Å². The van der Waals surface area contributed by atoms with Crippen LogP contribution in [0, 0.1) is 0 Å². The van der Waals surface area contributed by atoms with E-state index in [1.54, 1.807) is 11.3 Å². The summed E-state index contributed by atoms with van der Waals surface area (Å²) >= 11 is 5.02. The lowest BCUT2D eigenvalue weighted by molar-refractivity contribution is 0.221. The van der Waals surface area contributed by atoms with Gasteiger partial charge in [0, 0.05) is 0 Å². The largest absolute Gasteiger partial charge is 0.384 e. The Morgan fingerprint density at radius 3 is 2.50 bits per heavy atom. The van der Waals surface area contributed by atoms with Gasteiger partial charge < -0.3 is 5.11 Å². The molecule has 1 nitrogen and oxygen atoms in total. The summed E-state index contributed by atoms with van der Waals surface area (Å²) in [6, 6.07) is 10.3. The van der Waals surface area contributed by atoms with Crippen LogP contribution in [-0.2, 0) is 6.42 Å². The lowest BCUT2D eigenvalue weighted by Crippen LogP contribution is -1.98. The molecule has 1 atom stereocenters. The molecule has 1 heterocycles. The van der Waals surface area contributed by atoms with E-state index >= 15 is 0 Å². The first-order valence-electron chi connectivity index (χ1n) is 6.21. The Balaban J connectivity index is 2.09. The molecule has 0 aliphatic rings. The third-order valence-corrected chi connectivity index (χ3v) is 4.54. The van der Waals surface area contributed by atoms with Crippen molar-refractivity contribution in [3.63, 3.8) is 0 Å². The third-order valence-electron chi connectivity index (χ3n) is 3.02. The molecule has 1 aromatic heterocycles. The van der Waals surface area contributed by atoms with Crippen LogP contribution in [0.15, 0.2) is 39.5 Å². The van der Waals surface area contributed by atoms with Gasteiger partial charge in [0.15, 0.2) is 0 Å². The zero-order valence-electron chi connectivity index (χ0n) is 10.4. The number of benzene rings is 1. The quantitative estimate of drug-likeness (QED) is 0.826. The van der Waals surface area contributed by atoms with Crippen molar-refractivity contribution >= 4 is 27.3 Å². The van der Waals surface area contributed by atoms with Crippen LogP contribution in [0.2, 0.25) is 0 Å². The molecule has 0 spiro atoms. The molecule has 18 heavy (non-hydrogen) atoms. The number of halogens is 1. The van der Waals surface area contributed by atoms with Gasteiger partial charge in [0.25, 0.3) is 0 Å². The summed E-state index contributed by atoms with van der Waals surface area (Å²) in [6.07, 6.45) is 3.04. The van der Waals surface area contributed by atoms with Crippen molar-refractivity contribution < 1.29 is 5.11 Å². The van der Waals surface area contributed by atoms with Crippen molar-refractivity contribution in [2.45, 2.75) is 32.3 Å². The monoisotopic (exact) mass is 324 g/mol. The van der Waals surface area contributed by atoms with Crippen molar-refractivity contribution in [3.05, 3.63) is 56.2 Å². The van der Waals surface area contributed by atoms with E-state index in [2.05, 4.69) is 35.0 Å². The maximum Gasteiger partial charge on any atom is 0.105 e. The van der Waals surface area contributed by atoms with Gasteiger partial charge in [-0.3, -0.25) is 0 Å². The fourth-order valence-electron chi connectivity index (χ4n) is 1.91. The first-order chi connectivity index (χ1) is 8.70. The Morgan fingerprint density at radius 2 is 1.94 bits per heavy atom. The highest BCUT2D eigenvalue weighted by atomic mass is 79.9. The molecule has 0 saturated carbocycles. The van der Waals surface area contributed by atoms with Crippen LogP contribution in [0.3, 0.4) is 0 Å². The SMILES string of the molecule is CCCCc1ccc(C(O)c2csc(Br)c2)cc1. The molecule has 2 aromatic rings. The highest BCUT2D eigenvalue weighted by Gasteiger charge is 2.11. The summed E-state index contributed by atoms with van der Waals surface area (Å²) in [7, 11) is 0. The second-order valence-electron chi connectivity index (χ2n) is 4.43. The van der Waals surface area contributed by atoms with E-state index < -0.39 is 6.10 Å². The van der Waals surface area contributed by atoms with Gasteiger partial charge in [-0.1, -0.05) is 37.6 Å². The first kappa shape index (κ1) is 13.8. The van der Waals surface area contributed by atoms with Gasteiger partial charge in [-0.15, -0.1) is 11.3 Å². The lowest BCUT2D eigenvalue weighted by atomic mass is 10.0. The lowest BCUT2D eigenvalue weighted by Gasteiger charge is -2.10. The fraction of sp³-hybridized carbons (Fsp3) is 0.333. The van der Waals surface area contributed by atoms with Crippen LogP contribution in [0.5, 0.6) is 0 Å². The van der Waals surface area contributed by atoms with Crippen LogP contribution in [0.4, 0.5) is 0 Å². The third kappa shape index (κ3) is 3.44. The second kappa shape index (κ2) is 6.50. The van der Waals surface area contributed by atoms with E-state index in [4.69, 9.17) is 0 Å². The normalized spacial score (nSPS) is 12.6. The summed E-state index contributed by atoms with van der Waals surface area (Å²) < 4.78 is 1.05. The number of hydrogen-bond donors (Lipinski definition) is 1. The van der Waals surface area contributed by atoms with Crippen LogP contribution < -0.4 is 0 Å². The van der Waals surface area contributed by atoms with Crippen molar-refractivity contribution in [1.29, 1.82) is 0 Å². The molecular weight excluding hydrogens is 308 g/mol. The molecule has 0 saturated heterocycles. The van der Waals surface area contributed by atoms with Gasteiger partial charge in [0.2, 0.25) is 0 Å². The molecule has 2 rings (SSSR count). The number of hydrogen-bond acceptors (Lipinski definition) is 2. The average molecular weight is 325 g/mol. The molecule has 0 aliphatic carbocycles. The molecule has 1 aromatic carbocycles. The summed E-state index contributed by atoms with van der Waals surface area (Å²) in [5, 5.41) is 12.2. The predicted molar refractivity (Wildman–Crippen MR) is 81.1 cm³/mol. The van der Waals surface area contributed by atoms with Crippen molar-refractivity contribution in [3.8, 4) is 0 Å². The van der Waals surface area contributed by atoms with E-state index in [1.807, 2.05) is 23.6 Å². The van der Waals surface area contributed by atoms with E-state index in [-0.39, 0.29) is 0 Å². The van der Waals surface area contributed by atoms with Crippen molar-refractivity contribution in [2.75, 3.05) is 0 Å². The van der Waals surface area contributed by atoms with Crippen LogP contribution in [0.25, 0.3) is 0 Å². The number of aliphatic hydroxyl groups excluding tert-OH is 1. The zero-order valence-corrected chi connectivity index (χ0v) is 12.8. The molecule has 1 unspecified atom stereocenters. The fourth-order valence-corrected chi connectivity index (χ4v) is 3.10. The van der Waals surface area contributed by atoms with Crippen LogP contribution >= 0.6 is 27.3 Å². The number of unbranched alkanes of at least 4 members (excludes halogenated alkanes) is 1. The van der Waals surface area contributed by atoms with Crippen LogP contribution in [-0.4, -0.2) is 5.11 Å². The standard InChI is InChI=1S/C15H17BrOS/c1-2-3-4-11-5-7-12(8-6-11)15(17)13-9-14(16)18-10-13/h5-10,15,17H,2-4H2,1H3. The van der Waals surface area contributed by atoms with Gasteiger partial charge in [0.1, 0.15) is 6.10 Å².